The molecule has 1 aliphatic carbocycles. The van der Waals surface area contributed by atoms with Crippen molar-refractivity contribution in [3.8, 4) is 0 Å². The molecule has 0 aromatic heterocycles. The minimum absolute atomic E-state index is 0. The second-order valence-corrected chi connectivity index (χ2v) is 6.59. The van der Waals surface area contributed by atoms with Gasteiger partial charge in [-0.3, -0.25) is 0 Å². The van der Waals surface area contributed by atoms with Crippen molar-refractivity contribution >= 4 is 10.1 Å². The van der Waals surface area contributed by atoms with E-state index in [1.54, 1.807) is 0 Å². The summed E-state index contributed by atoms with van der Waals surface area (Å²) < 4.78 is 32.6. The van der Waals surface area contributed by atoms with Gasteiger partial charge in [0.15, 0.2) is 4.93 Å². The van der Waals surface area contributed by atoms with Crippen LogP contribution in [0.25, 0.3) is 0 Å². The smallest absolute Gasteiger partial charge is 0.746 e. The van der Waals surface area contributed by atoms with Crippen LogP contribution < -0.4 is 29.6 Å². The van der Waals surface area contributed by atoms with E-state index in [4.69, 9.17) is 0 Å². The van der Waals surface area contributed by atoms with E-state index < -0.39 is 15.1 Å². The third-order valence-corrected chi connectivity index (χ3v) is 4.42. The predicted molar refractivity (Wildman–Crippen MR) is 51.5 cm³/mol. The van der Waals surface area contributed by atoms with E-state index in [2.05, 4.69) is 0 Å². The first-order chi connectivity index (χ1) is 6.16. The molecule has 1 fully saturated rings. The molecule has 1 N–H and O–H groups in total. The molecule has 6 heteroatoms. The van der Waals surface area contributed by atoms with Crippen molar-refractivity contribution in [1.82, 2.24) is 0 Å². The fourth-order valence-electron chi connectivity index (χ4n) is 1.88. The molecule has 1 aliphatic rings. The molecule has 1 saturated carbocycles. The second kappa shape index (κ2) is 5.02. The fourth-order valence-corrected chi connectivity index (χ4v) is 2.62. The zero-order valence-corrected chi connectivity index (χ0v) is 12.4. The van der Waals surface area contributed by atoms with Crippen LogP contribution in [0.1, 0.15) is 46.0 Å². The normalized spacial score (nSPS) is 31.5. The molecule has 0 bridgehead atoms. The molecular formula is C9H17NaO4S. The van der Waals surface area contributed by atoms with E-state index in [1.807, 2.05) is 13.8 Å². The van der Waals surface area contributed by atoms with Gasteiger partial charge in [-0.05, 0) is 37.5 Å². The predicted octanol–water partition coefficient (Wildman–Crippen LogP) is -1.79. The summed E-state index contributed by atoms with van der Waals surface area (Å²) in [6, 6.07) is 0. The van der Waals surface area contributed by atoms with Gasteiger partial charge in [-0.1, -0.05) is 13.8 Å². The minimum Gasteiger partial charge on any atom is -0.746 e. The molecule has 0 spiro atoms. The number of hydrogen-bond acceptors (Lipinski definition) is 4. The van der Waals surface area contributed by atoms with E-state index in [-0.39, 0.29) is 47.8 Å². The van der Waals surface area contributed by atoms with Gasteiger partial charge in [-0.15, -0.1) is 0 Å². The molecule has 0 aromatic carbocycles. The van der Waals surface area contributed by atoms with Crippen LogP contribution in [0.2, 0.25) is 0 Å². The Morgan fingerprint density at radius 3 is 2.13 bits per heavy atom. The first-order valence-corrected chi connectivity index (χ1v) is 6.25. The van der Waals surface area contributed by atoms with Crippen molar-refractivity contribution in [2.75, 3.05) is 0 Å². The van der Waals surface area contributed by atoms with Gasteiger partial charge in [0.1, 0.15) is 10.1 Å². The van der Waals surface area contributed by atoms with Gasteiger partial charge in [0.05, 0.1) is 0 Å². The summed E-state index contributed by atoms with van der Waals surface area (Å²) in [7, 11) is -4.59. The maximum atomic E-state index is 10.9. The van der Waals surface area contributed by atoms with Crippen molar-refractivity contribution < 1.29 is 47.6 Å². The largest absolute Gasteiger partial charge is 1.00 e. The van der Waals surface area contributed by atoms with E-state index in [0.717, 1.165) is 6.42 Å². The molecule has 0 saturated heterocycles. The van der Waals surface area contributed by atoms with Crippen LogP contribution in [-0.4, -0.2) is 23.0 Å². The summed E-state index contributed by atoms with van der Waals surface area (Å²) in [4.78, 5) is -2.03. The monoisotopic (exact) mass is 244 g/mol. The minimum atomic E-state index is -4.59. The molecule has 1 atom stereocenters. The maximum absolute atomic E-state index is 10.9. The van der Waals surface area contributed by atoms with E-state index >= 15 is 0 Å². The van der Waals surface area contributed by atoms with Crippen molar-refractivity contribution in [1.29, 1.82) is 0 Å². The van der Waals surface area contributed by atoms with Crippen LogP contribution >= 0.6 is 0 Å². The second-order valence-electron chi connectivity index (χ2n) is 4.92. The molecule has 0 amide bonds. The van der Waals surface area contributed by atoms with Gasteiger partial charge in [-0.2, -0.15) is 0 Å². The molecule has 0 aliphatic heterocycles. The topological polar surface area (TPSA) is 77.4 Å². The summed E-state index contributed by atoms with van der Waals surface area (Å²) in [6.07, 6.45) is 2.15. The first-order valence-electron chi connectivity index (χ1n) is 4.84. The zero-order valence-electron chi connectivity index (χ0n) is 9.62. The van der Waals surface area contributed by atoms with Crippen LogP contribution in [-0.2, 0) is 10.1 Å². The van der Waals surface area contributed by atoms with Crippen LogP contribution in [0.3, 0.4) is 0 Å². The zero-order chi connectivity index (χ0) is 11.0. The summed E-state index contributed by atoms with van der Waals surface area (Å²) >= 11 is 0. The average molecular weight is 244 g/mol. The van der Waals surface area contributed by atoms with Crippen molar-refractivity contribution in [3.63, 3.8) is 0 Å². The Morgan fingerprint density at radius 2 is 1.67 bits per heavy atom. The summed E-state index contributed by atoms with van der Waals surface area (Å²) in [5.41, 5.74) is 0.0230. The maximum Gasteiger partial charge on any atom is 1.00 e. The average Bonchev–Trinajstić information content (AvgIpc) is 2.10. The Morgan fingerprint density at radius 1 is 1.13 bits per heavy atom. The molecule has 15 heavy (non-hydrogen) atoms. The fraction of sp³-hybridized carbons (Fsp3) is 1.00. The Labute approximate surface area is 113 Å². The molecule has 1 unspecified atom stereocenters. The SMILES string of the molecule is CC1(C)CCCC(O)(S(=O)(=O)[O-])CC1.[Na+]. The third kappa shape index (κ3) is 3.98. The quantitative estimate of drug-likeness (QED) is 0.336. The number of aliphatic hydroxyl groups is 1. The van der Waals surface area contributed by atoms with Crippen LogP contribution in [0.5, 0.6) is 0 Å². The van der Waals surface area contributed by atoms with Gasteiger partial charge in [0.25, 0.3) is 0 Å². The molecule has 0 aromatic rings. The van der Waals surface area contributed by atoms with Crippen LogP contribution in [0.15, 0.2) is 0 Å². The summed E-state index contributed by atoms with van der Waals surface area (Å²) in [5.74, 6) is 0. The van der Waals surface area contributed by atoms with Gasteiger partial charge in [-0.25, -0.2) is 8.42 Å². The Bertz CT molecular complexity index is 312. The number of hydrogen-bond donors (Lipinski definition) is 1. The van der Waals surface area contributed by atoms with E-state index in [1.165, 1.54) is 0 Å². The molecule has 0 radical (unpaired) electrons. The van der Waals surface area contributed by atoms with Crippen molar-refractivity contribution in [2.45, 2.75) is 50.9 Å². The molecule has 84 valence electrons. The van der Waals surface area contributed by atoms with Crippen molar-refractivity contribution in [3.05, 3.63) is 0 Å². The standard InChI is InChI=1S/C9H18O4S.Na/c1-8(2)4-3-5-9(10,7-6-8)14(11,12)13;/h10H,3-7H2,1-2H3,(H,11,12,13);/q;+1/p-1. The van der Waals surface area contributed by atoms with Gasteiger partial charge in [0.2, 0.25) is 0 Å². The third-order valence-electron chi connectivity index (χ3n) is 3.08. The summed E-state index contributed by atoms with van der Waals surface area (Å²) in [6.45, 7) is 4.05. The molecule has 1 rings (SSSR count). The first kappa shape index (κ1) is 15.9. The van der Waals surface area contributed by atoms with Crippen LogP contribution in [0.4, 0.5) is 0 Å². The van der Waals surface area contributed by atoms with Gasteiger partial charge < -0.3 is 9.66 Å². The van der Waals surface area contributed by atoms with Gasteiger partial charge in [0, 0.05) is 0 Å². The Kier molecular flexibility index (Phi) is 5.31. The van der Waals surface area contributed by atoms with Crippen LogP contribution in [0, 0.1) is 5.41 Å². The summed E-state index contributed by atoms with van der Waals surface area (Å²) in [5, 5.41) is 9.72. The Hall–Kier alpha value is 0.870. The van der Waals surface area contributed by atoms with Crippen molar-refractivity contribution in [2.24, 2.45) is 5.41 Å². The molecule has 0 heterocycles. The molecular weight excluding hydrogens is 227 g/mol. The van der Waals surface area contributed by atoms with Gasteiger partial charge >= 0.3 is 29.6 Å². The Balaban J connectivity index is 0.00000196. The van der Waals surface area contributed by atoms with E-state index in [0.29, 0.717) is 12.8 Å². The number of rotatable bonds is 1. The molecule has 4 nitrogen and oxygen atoms in total. The van der Waals surface area contributed by atoms with E-state index in [9.17, 15) is 18.1 Å².